The summed E-state index contributed by atoms with van der Waals surface area (Å²) in [5.74, 6) is -0.514. The summed E-state index contributed by atoms with van der Waals surface area (Å²) in [5.41, 5.74) is 0. The lowest BCUT2D eigenvalue weighted by molar-refractivity contribution is -0.112. The van der Waals surface area contributed by atoms with Gasteiger partial charge in [-0.3, -0.25) is 4.79 Å². The predicted octanol–water partition coefficient (Wildman–Crippen LogP) is 1.19. The van der Waals surface area contributed by atoms with Crippen LogP contribution < -0.4 is 0 Å². The number of hydrogen-bond acceptors (Lipinski definition) is 2. The van der Waals surface area contributed by atoms with Gasteiger partial charge in [-0.05, 0) is 0 Å². The lowest BCUT2D eigenvalue weighted by Crippen LogP contribution is -2.00. The van der Waals surface area contributed by atoms with Crippen LogP contribution in [0, 0.1) is 11.3 Å². The third-order valence-corrected chi connectivity index (χ3v) is 1.14. The molecular formula is C3HBr2NO. The number of ketones is 1. The van der Waals surface area contributed by atoms with E-state index in [1.807, 2.05) is 0 Å². The number of hydrogen-bond donors (Lipinski definition) is 0. The Labute approximate surface area is 57.8 Å². The molecule has 0 aliphatic rings. The highest BCUT2D eigenvalue weighted by molar-refractivity contribution is 9.25. The zero-order valence-electron chi connectivity index (χ0n) is 3.19. The third kappa shape index (κ3) is 2.77. The van der Waals surface area contributed by atoms with Gasteiger partial charge in [0.2, 0.25) is 0 Å². The van der Waals surface area contributed by atoms with E-state index in [4.69, 9.17) is 5.26 Å². The zero-order valence-corrected chi connectivity index (χ0v) is 6.36. The predicted molar refractivity (Wildman–Crippen MR) is 32.3 cm³/mol. The van der Waals surface area contributed by atoms with Crippen LogP contribution in [-0.2, 0) is 4.79 Å². The molecule has 0 bridgehead atoms. The van der Waals surface area contributed by atoms with Crippen LogP contribution in [0.15, 0.2) is 0 Å². The number of rotatable bonds is 1. The lowest BCUT2D eigenvalue weighted by Gasteiger charge is -1.83. The van der Waals surface area contributed by atoms with Crippen LogP contribution in [0.5, 0.6) is 0 Å². The zero-order chi connectivity index (χ0) is 5.86. The number of alkyl halides is 2. The van der Waals surface area contributed by atoms with Gasteiger partial charge in [0.1, 0.15) is 9.81 Å². The molecule has 0 saturated heterocycles. The first-order valence-electron chi connectivity index (χ1n) is 1.40. The van der Waals surface area contributed by atoms with E-state index in [1.165, 1.54) is 6.07 Å². The Balaban J connectivity index is 3.64. The lowest BCUT2D eigenvalue weighted by atomic mass is 10.5. The van der Waals surface area contributed by atoms with Crippen molar-refractivity contribution in [3.8, 4) is 6.07 Å². The average molecular weight is 227 g/mol. The summed E-state index contributed by atoms with van der Waals surface area (Å²) in [4.78, 5) is 10.1. The molecule has 0 rings (SSSR count). The van der Waals surface area contributed by atoms with Gasteiger partial charge in [-0.2, -0.15) is 5.26 Å². The number of carbonyl (C=O) groups is 1. The molecule has 0 aliphatic carbocycles. The van der Waals surface area contributed by atoms with Crippen LogP contribution in [0.4, 0.5) is 0 Å². The summed E-state index contributed by atoms with van der Waals surface area (Å²) in [6.07, 6.45) is 0. The third-order valence-electron chi connectivity index (χ3n) is 0.308. The molecule has 7 heavy (non-hydrogen) atoms. The monoisotopic (exact) mass is 225 g/mol. The first-order chi connectivity index (χ1) is 3.18. The van der Waals surface area contributed by atoms with Crippen molar-refractivity contribution in [1.29, 1.82) is 5.26 Å². The van der Waals surface area contributed by atoms with Gasteiger partial charge in [0, 0.05) is 0 Å². The van der Waals surface area contributed by atoms with Crippen molar-refractivity contribution in [3.05, 3.63) is 0 Å². The number of nitrogens with zero attached hydrogens (tertiary/aromatic N) is 1. The summed E-state index contributed by atoms with van der Waals surface area (Å²) in [6, 6.07) is 1.43. The van der Waals surface area contributed by atoms with Crippen molar-refractivity contribution in [2.75, 3.05) is 0 Å². The molecule has 0 aromatic heterocycles. The number of Topliss-reactive ketones (excluding diaryl/α,β-unsaturated/α-hetero) is 1. The van der Waals surface area contributed by atoms with Gasteiger partial charge < -0.3 is 0 Å². The molecule has 0 saturated carbocycles. The molecule has 0 radical (unpaired) electrons. The minimum absolute atomic E-state index is 0.509. The minimum atomic E-state index is -0.514. The Morgan fingerprint density at radius 3 is 2.14 bits per heavy atom. The normalized spacial score (nSPS) is 8.29. The van der Waals surface area contributed by atoms with Crippen LogP contribution >= 0.6 is 31.9 Å². The molecular weight excluding hydrogens is 226 g/mol. The molecule has 0 aromatic carbocycles. The Hall–Kier alpha value is 0.120. The molecule has 0 unspecified atom stereocenters. The Bertz CT molecular complexity index is 115. The molecule has 0 fully saturated rings. The van der Waals surface area contributed by atoms with E-state index in [1.54, 1.807) is 0 Å². The smallest absolute Gasteiger partial charge is 0.256 e. The maximum absolute atomic E-state index is 10.1. The molecule has 4 heteroatoms. The highest BCUT2D eigenvalue weighted by Gasteiger charge is 2.06. The van der Waals surface area contributed by atoms with Gasteiger partial charge in [0.15, 0.2) is 0 Å². The fraction of sp³-hybridized carbons (Fsp3) is 0.333. The summed E-state index contributed by atoms with van der Waals surface area (Å²) < 4.78 is -0.509. The topological polar surface area (TPSA) is 40.9 Å². The molecule has 0 aromatic rings. The standard InChI is InChI=1S/C3HBr2NO/c4-3(5)2(7)1-6/h3H. The van der Waals surface area contributed by atoms with Crippen molar-refractivity contribution in [3.63, 3.8) is 0 Å². The number of carbonyl (C=O) groups excluding carboxylic acids is 1. The van der Waals surface area contributed by atoms with Gasteiger partial charge in [-0.15, -0.1) is 0 Å². The molecule has 0 spiro atoms. The molecule has 0 atom stereocenters. The summed E-state index contributed by atoms with van der Waals surface area (Å²) >= 11 is 5.69. The molecule has 0 heterocycles. The van der Waals surface area contributed by atoms with Crippen molar-refractivity contribution >= 4 is 37.6 Å². The first kappa shape index (κ1) is 7.12. The molecule has 0 N–H and O–H groups in total. The maximum Gasteiger partial charge on any atom is 0.256 e. The Morgan fingerprint density at radius 1 is 1.71 bits per heavy atom. The molecule has 0 amide bonds. The SMILES string of the molecule is N#CC(=O)C(Br)Br. The molecule has 2 nitrogen and oxygen atoms in total. The van der Waals surface area contributed by atoms with Crippen molar-refractivity contribution in [2.24, 2.45) is 0 Å². The van der Waals surface area contributed by atoms with Crippen LogP contribution in [0.2, 0.25) is 0 Å². The highest BCUT2D eigenvalue weighted by atomic mass is 79.9. The van der Waals surface area contributed by atoms with Gasteiger partial charge in [0.25, 0.3) is 5.78 Å². The summed E-state index contributed by atoms with van der Waals surface area (Å²) in [6.45, 7) is 0. The van der Waals surface area contributed by atoms with Crippen molar-refractivity contribution < 1.29 is 4.79 Å². The van der Waals surface area contributed by atoms with E-state index in [-0.39, 0.29) is 0 Å². The average Bonchev–Trinajstić information content (AvgIpc) is 1.65. The van der Waals surface area contributed by atoms with E-state index < -0.39 is 9.52 Å². The largest absolute Gasteiger partial charge is 0.280 e. The van der Waals surface area contributed by atoms with E-state index in [0.29, 0.717) is 0 Å². The van der Waals surface area contributed by atoms with E-state index in [0.717, 1.165) is 0 Å². The van der Waals surface area contributed by atoms with Gasteiger partial charge in [-0.25, -0.2) is 0 Å². The second-order valence-electron chi connectivity index (χ2n) is 0.777. The van der Waals surface area contributed by atoms with Gasteiger partial charge >= 0.3 is 0 Å². The van der Waals surface area contributed by atoms with Gasteiger partial charge in [-0.1, -0.05) is 31.9 Å². The van der Waals surface area contributed by atoms with Gasteiger partial charge in [0.05, 0.1) is 0 Å². The second-order valence-corrected chi connectivity index (χ2v) is 3.84. The summed E-state index contributed by atoms with van der Waals surface area (Å²) in [7, 11) is 0. The summed E-state index contributed by atoms with van der Waals surface area (Å²) in [5, 5.41) is 7.85. The van der Waals surface area contributed by atoms with E-state index >= 15 is 0 Å². The number of halogens is 2. The molecule has 0 aliphatic heterocycles. The fourth-order valence-corrected chi connectivity index (χ4v) is 0.254. The van der Waals surface area contributed by atoms with Crippen LogP contribution in [0.3, 0.4) is 0 Å². The van der Waals surface area contributed by atoms with E-state index in [9.17, 15) is 4.79 Å². The highest BCUT2D eigenvalue weighted by Crippen LogP contribution is 2.07. The Kier molecular flexibility index (Phi) is 3.22. The van der Waals surface area contributed by atoms with Crippen LogP contribution in [-0.4, -0.2) is 9.52 Å². The fourth-order valence-electron chi connectivity index (χ4n) is 0.0488. The van der Waals surface area contributed by atoms with Crippen molar-refractivity contribution in [1.82, 2.24) is 0 Å². The quantitative estimate of drug-likeness (QED) is 0.498. The number of nitriles is 1. The minimum Gasteiger partial charge on any atom is -0.280 e. The second kappa shape index (κ2) is 3.16. The van der Waals surface area contributed by atoms with Crippen molar-refractivity contribution in [2.45, 2.75) is 3.74 Å². The molecule has 38 valence electrons. The maximum atomic E-state index is 10.1. The Morgan fingerprint density at radius 2 is 2.14 bits per heavy atom. The first-order valence-corrected chi connectivity index (χ1v) is 3.23. The van der Waals surface area contributed by atoms with Crippen LogP contribution in [0.25, 0.3) is 0 Å². The van der Waals surface area contributed by atoms with E-state index in [2.05, 4.69) is 31.9 Å². The van der Waals surface area contributed by atoms with Crippen LogP contribution in [0.1, 0.15) is 0 Å².